The lowest BCUT2D eigenvalue weighted by Gasteiger charge is -2.15. The monoisotopic (exact) mass is 246 g/mol. The molecule has 0 fully saturated rings. The molecule has 1 N–H and O–H groups in total. The number of benzene rings is 1. The van der Waals surface area contributed by atoms with E-state index in [9.17, 15) is 5.11 Å². The van der Waals surface area contributed by atoms with Crippen molar-refractivity contribution in [1.82, 2.24) is 0 Å². The molecule has 0 bridgehead atoms. The SMILES string of the molecule is C=C(CC(O)C(=C)CCCC)Oc1ccccc1. The van der Waals surface area contributed by atoms with Gasteiger partial charge in [-0.3, -0.25) is 0 Å². The highest BCUT2D eigenvalue weighted by Gasteiger charge is 2.11. The van der Waals surface area contributed by atoms with Crippen LogP contribution in [0.4, 0.5) is 0 Å². The minimum atomic E-state index is -0.562. The molecule has 1 aromatic carbocycles. The van der Waals surface area contributed by atoms with Gasteiger partial charge >= 0.3 is 0 Å². The fourth-order valence-corrected chi connectivity index (χ4v) is 1.63. The maximum absolute atomic E-state index is 9.95. The van der Waals surface area contributed by atoms with E-state index in [4.69, 9.17) is 4.74 Å². The second-order valence-electron chi connectivity index (χ2n) is 4.44. The number of rotatable bonds is 8. The van der Waals surface area contributed by atoms with Crippen LogP contribution in [0.15, 0.2) is 54.8 Å². The number of hydrogen-bond donors (Lipinski definition) is 1. The molecule has 0 heterocycles. The summed E-state index contributed by atoms with van der Waals surface area (Å²) in [4.78, 5) is 0. The van der Waals surface area contributed by atoms with Gasteiger partial charge in [0.05, 0.1) is 11.9 Å². The summed E-state index contributed by atoms with van der Waals surface area (Å²) in [6.45, 7) is 9.86. The lowest BCUT2D eigenvalue weighted by Crippen LogP contribution is -2.12. The molecular weight excluding hydrogens is 224 g/mol. The van der Waals surface area contributed by atoms with Gasteiger partial charge in [0.1, 0.15) is 5.75 Å². The molecule has 1 unspecified atom stereocenters. The third-order valence-electron chi connectivity index (χ3n) is 2.75. The Balaban J connectivity index is 2.38. The first-order chi connectivity index (χ1) is 8.63. The van der Waals surface area contributed by atoms with Crippen LogP contribution < -0.4 is 4.74 Å². The van der Waals surface area contributed by atoms with Crippen LogP contribution in [0.25, 0.3) is 0 Å². The number of ether oxygens (including phenoxy) is 1. The molecule has 0 aromatic heterocycles. The molecule has 1 atom stereocenters. The zero-order valence-corrected chi connectivity index (χ0v) is 11.1. The van der Waals surface area contributed by atoms with Gasteiger partial charge in [-0.15, -0.1) is 0 Å². The molecule has 18 heavy (non-hydrogen) atoms. The highest BCUT2D eigenvalue weighted by molar-refractivity contribution is 5.23. The summed E-state index contributed by atoms with van der Waals surface area (Å²) in [5, 5.41) is 9.95. The summed E-state index contributed by atoms with van der Waals surface area (Å²) in [7, 11) is 0. The minimum Gasteiger partial charge on any atom is -0.462 e. The van der Waals surface area contributed by atoms with Crippen molar-refractivity contribution < 1.29 is 9.84 Å². The summed E-state index contributed by atoms with van der Waals surface area (Å²) in [5.41, 5.74) is 0.856. The third-order valence-corrected chi connectivity index (χ3v) is 2.75. The van der Waals surface area contributed by atoms with Crippen molar-refractivity contribution in [1.29, 1.82) is 0 Å². The Morgan fingerprint density at radius 2 is 1.94 bits per heavy atom. The van der Waals surface area contributed by atoms with E-state index in [1.807, 2.05) is 30.3 Å². The van der Waals surface area contributed by atoms with Gasteiger partial charge in [0.25, 0.3) is 0 Å². The van der Waals surface area contributed by atoms with Crippen LogP contribution in [-0.2, 0) is 0 Å². The molecule has 0 aliphatic carbocycles. The second kappa shape index (κ2) is 7.72. The maximum Gasteiger partial charge on any atom is 0.126 e. The molecule has 0 spiro atoms. The van der Waals surface area contributed by atoms with Crippen LogP contribution in [0.3, 0.4) is 0 Å². The number of aliphatic hydroxyl groups is 1. The Bertz CT molecular complexity index is 381. The van der Waals surface area contributed by atoms with E-state index in [-0.39, 0.29) is 0 Å². The average molecular weight is 246 g/mol. The van der Waals surface area contributed by atoms with Gasteiger partial charge in [-0.1, -0.05) is 44.7 Å². The maximum atomic E-state index is 9.95. The Hall–Kier alpha value is -1.54. The number of para-hydroxylation sites is 1. The van der Waals surface area contributed by atoms with E-state index in [0.29, 0.717) is 12.2 Å². The van der Waals surface area contributed by atoms with Gasteiger partial charge in [0.2, 0.25) is 0 Å². The van der Waals surface area contributed by atoms with Crippen molar-refractivity contribution in [3.8, 4) is 5.75 Å². The fourth-order valence-electron chi connectivity index (χ4n) is 1.63. The van der Waals surface area contributed by atoms with Gasteiger partial charge in [-0.25, -0.2) is 0 Å². The van der Waals surface area contributed by atoms with Gasteiger partial charge in [0, 0.05) is 6.42 Å². The van der Waals surface area contributed by atoms with Crippen molar-refractivity contribution in [3.63, 3.8) is 0 Å². The predicted molar refractivity (Wildman–Crippen MR) is 75.5 cm³/mol. The molecular formula is C16H22O2. The number of hydrogen-bond acceptors (Lipinski definition) is 2. The van der Waals surface area contributed by atoms with Crippen molar-refractivity contribution in [2.75, 3.05) is 0 Å². The molecule has 2 heteroatoms. The minimum absolute atomic E-state index is 0.400. The van der Waals surface area contributed by atoms with E-state index in [1.165, 1.54) is 0 Å². The van der Waals surface area contributed by atoms with Crippen molar-refractivity contribution in [3.05, 3.63) is 54.8 Å². The molecule has 0 aliphatic rings. The van der Waals surface area contributed by atoms with E-state index in [0.717, 1.165) is 30.6 Å². The van der Waals surface area contributed by atoms with Crippen LogP contribution in [0.5, 0.6) is 5.75 Å². The van der Waals surface area contributed by atoms with Crippen LogP contribution in [0.2, 0.25) is 0 Å². The molecule has 2 nitrogen and oxygen atoms in total. The highest BCUT2D eigenvalue weighted by atomic mass is 16.5. The third kappa shape index (κ3) is 5.19. The standard InChI is InChI=1S/C16H22O2/c1-4-5-9-13(2)16(17)12-14(3)18-15-10-7-6-8-11-15/h6-8,10-11,16-17H,2-5,9,12H2,1H3. The molecule has 0 saturated carbocycles. The smallest absolute Gasteiger partial charge is 0.126 e. The largest absolute Gasteiger partial charge is 0.462 e. The van der Waals surface area contributed by atoms with Crippen LogP contribution in [-0.4, -0.2) is 11.2 Å². The van der Waals surface area contributed by atoms with Crippen LogP contribution >= 0.6 is 0 Å². The molecule has 1 aromatic rings. The van der Waals surface area contributed by atoms with Crippen LogP contribution in [0.1, 0.15) is 32.6 Å². The number of aliphatic hydroxyl groups excluding tert-OH is 1. The summed E-state index contributed by atoms with van der Waals surface area (Å²) in [6.07, 6.45) is 2.86. The Morgan fingerprint density at radius 3 is 2.56 bits per heavy atom. The van der Waals surface area contributed by atoms with E-state index in [2.05, 4.69) is 20.1 Å². The summed E-state index contributed by atoms with van der Waals surface area (Å²) >= 11 is 0. The summed E-state index contributed by atoms with van der Waals surface area (Å²) < 4.78 is 5.54. The first kappa shape index (κ1) is 14.5. The predicted octanol–water partition coefficient (Wildman–Crippen LogP) is 4.08. The van der Waals surface area contributed by atoms with Gasteiger partial charge in [-0.05, 0) is 30.5 Å². The first-order valence-corrected chi connectivity index (χ1v) is 6.40. The average Bonchev–Trinajstić information content (AvgIpc) is 2.36. The fraction of sp³-hybridized carbons (Fsp3) is 0.375. The first-order valence-electron chi connectivity index (χ1n) is 6.40. The molecule has 0 saturated heterocycles. The number of unbranched alkanes of at least 4 members (excludes halogenated alkanes) is 1. The van der Waals surface area contributed by atoms with Crippen molar-refractivity contribution in [2.24, 2.45) is 0 Å². The topological polar surface area (TPSA) is 29.5 Å². The van der Waals surface area contributed by atoms with Gasteiger partial charge < -0.3 is 9.84 Å². The Morgan fingerprint density at radius 1 is 1.28 bits per heavy atom. The second-order valence-corrected chi connectivity index (χ2v) is 4.44. The molecule has 1 rings (SSSR count). The summed E-state index contributed by atoms with van der Waals surface area (Å²) in [6, 6.07) is 9.46. The molecule has 98 valence electrons. The lowest BCUT2D eigenvalue weighted by atomic mass is 10.0. The molecule has 0 radical (unpaired) electrons. The quantitative estimate of drug-likeness (QED) is 0.553. The Kier molecular flexibility index (Phi) is 6.23. The Labute approximate surface area is 110 Å². The van der Waals surface area contributed by atoms with E-state index < -0.39 is 6.10 Å². The van der Waals surface area contributed by atoms with E-state index >= 15 is 0 Å². The van der Waals surface area contributed by atoms with Gasteiger partial charge in [0.15, 0.2) is 0 Å². The molecule has 0 amide bonds. The molecule has 0 aliphatic heterocycles. The van der Waals surface area contributed by atoms with Crippen molar-refractivity contribution in [2.45, 2.75) is 38.7 Å². The normalized spacial score (nSPS) is 11.9. The van der Waals surface area contributed by atoms with Gasteiger partial charge in [-0.2, -0.15) is 0 Å². The summed E-state index contributed by atoms with van der Waals surface area (Å²) in [5.74, 6) is 1.31. The van der Waals surface area contributed by atoms with E-state index in [1.54, 1.807) is 0 Å². The lowest BCUT2D eigenvalue weighted by molar-refractivity contribution is 0.191. The highest BCUT2D eigenvalue weighted by Crippen LogP contribution is 2.19. The zero-order valence-electron chi connectivity index (χ0n) is 11.1. The van der Waals surface area contributed by atoms with Crippen LogP contribution in [0, 0.1) is 0 Å². The van der Waals surface area contributed by atoms with Crippen molar-refractivity contribution >= 4 is 0 Å². The zero-order chi connectivity index (χ0) is 13.4.